The van der Waals surface area contributed by atoms with Gasteiger partial charge < -0.3 is 19.5 Å². The van der Waals surface area contributed by atoms with Crippen molar-refractivity contribution in [1.82, 2.24) is 5.32 Å². The molecule has 0 radical (unpaired) electrons. The van der Waals surface area contributed by atoms with E-state index < -0.39 is 0 Å². The zero-order chi connectivity index (χ0) is 14.2. The number of benzene rings is 1. The third kappa shape index (κ3) is 4.39. The zero-order valence-electron chi connectivity index (χ0n) is 12.5. The minimum absolute atomic E-state index is 0.169. The SMILES string of the molecule is CCCNCc1cc(OC)ccc1OC1CCCOC1. The Bertz CT molecular complexity index is 403. The van der Waals surface area contributed by atoms with E-state index in [9.17, 15) is 0 Å². The number of hydrogen-bond donors (Lipinski definition) is 1. The molecule has 4 nitrogen and oxygen atoms in total. The number of hydrogen-bond acceptors (Lipinski definition) is 4. The van der Waals surface area contributed by atoms with Crippen LogP contribution in [0.4, 0.5) is 0 Å². The molecular formula is C16H25NO3. The van der Waals surface area contributed by atoms with Gasteiger partial charge in [0.25, 0.3) is 0 Å². The Morgan fingerprint density at radius 3 is 3.00 bits per heavy atom. The van der Waals surface area contributed by atoms with E-state index in [2.05, 4.69) is 12.2 Å². The molecule has 2 rings (SSSR count). The van der Waals surface area contributed by atoms with Crippen LogP contribution < -0.4 is 14.8 Å². The summed E-state index contributed by atoms with van der Waals surface area (Å²) in [7, 11) is 1.69. The molecule has 1 heterocycles. The highest BCUT2D eigenvalue weighted by molar-refractivity contribution is 5.40. The maximum Gasteiger partial charge on any atom is 0.124 e. The van der Waals surface area contributed by atoms with E-state index in [4.69, 9.17) is 14.2 Å². The van der Waals surface area contributed by atoms with Crippen LogP contribution in [0.5, 0.6) is 11.5 Å². The normalized spacial score (nSPS) is 18.8. The molecule has 1 aliphatic heterocycles. The van der Waals surface area contributed by atoms with Gasteiger partial charge in [0, 0.05) is 18.7 Å². The molecule has 1 unspecified atom stereocenters. The third-order valence-corrected chi connectivity index (χ3v) is 3.42. The predicted molar refractivity (Wildman–Crippen MR) is 79.5 cm³/mol. The van der Waals surface area contributed by atoms with E-state index in [-0.39, 0.29) is 6.10 Å². The summed E-state index contributed by atoms with van der Waals surface area (Å²) in [5.74, 6) is 1.80. The summed E-state index contributed by atoms with van der Waals surface area (Å²) in [6.45, 7) is 5.51. The molecule has 0 aliphatic carbocycles. The van der Waals surface area contributed by atoms with Gasteiger partial charge in [-0.3, -0.25) is 0 Å². The molecule has 1 N–H and O–H groups in total. The Balaban J connectivity index is 2.04. The van der Waals surface area contributed by atoms with Crippen LogP contribution in [0.3, 0.4) is 0 Å². The second kappa shape index (κ2) is 8.12. The average molecular weight is 279 g/mol. The van der Waals surface area contributed by atoms with E-state index in [1.807, 2.05) is 18.2 Å². The third-order valence-electron chi connectivity index (χ3n) is 3.42. The summed E-state index contributed by atoms with van der Waals surface area (Å²) in [5, 5.41) is 3.41. The van der Waals surface area contributed by atoms with Gasteiger partial charge in [-0.05, 0) is 44.0 Å². The van der Waals surface area contributed by atoms with Gasteiger partial charge in [-0.1, -0.05) is 6.92 Å². The Kier molecular flexibility index (Phi) is 6.15. The summed E-state index contributed by atoms with van der Waals surface area (Å²) in [6, 6.07) is 5.99. The van der Waals surface area contributed by atoms with Gasteiger partial charge >= 0.3 is 0 Å². The molecule has 1 fully saturated rings. The van der Waals surface area contributed by atoms with Crippen LogP contribution in [0.15, 0.2) is 18.2 Å². The molecule has 0 amide bonds. The van der Waals surface area contributed by atoms with Crippen molar-refractivity contribution in [2.24, 2.45) is 0 Å². The molecule has 0 spiro atoms. The predicted octanol–water partition coefficient (Wildman–Crippen LogP) is 2.75. The lowest BCUT2D eigenvalue weighted by atomic mass is 10.1. The highest BCUT2D eigenvalue weighted by Crippen LogP contribution is 2.26. The van der Waals surface area contributed by atoms with Gasteiger partial charge in [0.2, 0.25) is 0 Å². The summed E-state index contributed by atoms with van der Waals surface area (Å²) in [4.78, 5) is 0. The fourth-order valence-electron chi connectivity index (χ4n) is 2.32. The van der Waals surface area contributed by atoms with Crippen LogP contribution in [-0.4, -0.2) is 33.0 Å². The van der Waals surface area contributed by atoms with Crippen LogP contribution in [0.1, 0.15) is 31.7 Å². The second-order valence-corrected chi connectivity index (χ2v) is 5.11. The number of ether oxygens (including phenoxy) is 3. The first-order valence-corrected chi connectivity index (χ1v) is 7.45. The van der Waals surface area contributed by atoms with E-state index in [0.717, 1.165) is 56.0 Å². The molecular weight excluding hydrogens is 254 g/mol. The Morgan fingerprint density at radius 2 is 2.30 bits per heavy atom. The lowest BCUT2D eigenvalue weighted by Crippen LogP contribution is -2.28. The van der Waals surface area contributed by atoms with E-state index in [1.54, 1.807) is 7.11 Å². The first kappa shape index (κ1) is 15.1. The van der Waals surface area contributed by atoms with Crippen molar-refractivity contribution in [3.63, 3.8) is 0 Å². The Morgan fingerprint density at radius 1 is 1.40 bits per heavy atom. The van der Waals surface area contributed by atoms with Gasteiger partial charge in [-0.25, -0.2) is 0 Å². The van der Waals surface area contributed by atoms with Crippen molar-refractivity contribution < 1.29 is 14.2 Å². The molecule has 0 bridgehead atoms. The molecule has 0 aromatic heterocycles. The minimum Gasteiger partial charge on any atom is -0.497 e. The minimum atomic E-state index is 0.169. The van der Waals surface area contributed by atoms with Crippen LogP contribution in [-0.2, 0) is 11.3 Å². The fourth-order valence-corrected chi connectivity index (χ4v) is 2.32. The van der Waals surface area contributed by atoms with Crippen molar-refractivity contribution in [1.29, 1.82) is 0 Å². The highest BCUT2D eigenvalue weighted by Gasteiger charge is 2.17. The van der Waals surface area contributed by atoms with Crippen LogP contribution >= 0.6 is 0 Å². The lowest BCUT2D eigenvalue weighted by molar-refractivity contribution is 0.00698. The molecule has 1 atom stereocenters. The zero-order valence-corrected chi connectivity index (χ0v) is 12.5. The lowest BCUT2D eigenvalue weighted by Gasteiger charge is -2.24. The quantitative estimate of drug-likeness (QED) is 0.779. The monoisotopic (exact) mass is 279 g/mol. The Hall–Kier alpha value is -1.26. The molecule has 112 valence electrons. The van der Waals surface area contributed by atoms with E-state index in [0.29, 0.717) is 6.61 Å². The second-order valence-electron chi connectivity index (χ2n) is 5.11. The molecule has 1 aliphatic rings. The number of methoxy groups -OCH3 is 1. The number of nitrogens with one attached hydrogen (secondary N) is 1. The molecule has 1 aromatic rings. The van der Waals surface area contributed by atoms with Crippen LogP contribution in [0, 0.1) is 0 Å². The van der Waals surface area contributed by atoms with Gasteiger partial charge in [0.05, 0.1) is 13.7 Å². The van der Waals surface area contributed by atoms with Gasteiger partial charge in [0.15, 0.2) is 0 Å². The first-order valence-electron chi connectivity index (χ1n) is 7.45. The van der Waals surface area contributed by atoms with Crippen LogP contribution in [0.25, 0.3) is 0 Å². The van der Waals surface area contributed by atoms with Crippen molar-refractivity contribution in [3.8, 4) is 11.5 Å². The molecule has 1 aromatic carbocycles. The highest BCUT2D eigenvalue weighted by atomic mass is 16.5. The average Bonchev–Trinajstić information content (AvgIpc) is 2.50. The summed E-state index contributed by atoms with van der Waals surface area (Å²) < 4.78 is 16.9. The van der Waals surface area contributed by atoms with Crippen LogP contribution in [0.2, 0.25) is 0 Å². The topological polar surface area (TPSA) is 39.7 Å². The van der Waals surface area contributed by atoms with Gasteiger partial charge in [0.1, 0.15) is 17.6 Å². The molecule has 20 heavy (non-hydrogen) atoms. The largest absolute Gasteiger partial charge is 0.497 e. The maximum absolute atomic E-state index is 6.10. The maximum atomic E-state index is 6.10. The van der Waals surface area contributed by atoms with Crippen molar-refractivity contribution in [2.45, 2.75) is 38.8 Å². The number of rotatable bonds is 7. The Labute approximate surface area is 121 Å². The summed E-state index contributed by atoms with van der Waals surface area (Å²) in [5.41, 5.74) is 1.14. The van der Waals surface area contributed by atoms with Crippen molar-refractivity contribution in [3.05, 3.63) is 23.8 Å². The van der Waals surface area contributed by atoms with Crippen molar-refractivity contribution >= 4 is 0 Å². The molecule has 4 heteroatoms. The standard InChI is InChI=1S/C16H25NO3/c1-3-8-17-11-13-10-14(18-2)6-7-16(13)20-15-5-4-9-19-12-15/h6-7,10,15,17H,3-5,8-9,11-12H2,1-2H3. The van der Waals surface area contributed by atoms with Gasteiger partial charge in [-0.15, -0.1) is 0 Å². The van der Waals surface area contributed by atoms with Crippen molar-refractivity contribution in [2.75, 3.05) is 26.9 Å². The smallest absolute Gasteiger partial charge is 0.124 e. The van der Waals surface area contributed by atoms with E-state index in [1.165, 1.54) is 0 Å². The summed E-state index contributed by atoms with van der Waals surface area (Å²) in [6.07, 6.45) is 3.43. The summed E-state index contributed by atoms with van der Waals surface area (Å²) >= 11 is 0. The first-order chi connectivity index (χ1) is 9.83. The van der Waals surface area contributed by atoms with Gasteiger partial charge in [-0.2, -0.15) is 0 Å². The fraction of sp³-hybridized carbons (Fsp3) is 0.625. The van der Waals surface area contributed by atoms with E-state index >= 15 is 0 Å². The molecule has 1 saturated heterocycles. The molecule has 0 saturated carbocycles.